The normalized spacial score (nSPS) is 16.2. The third-order valence-corrected chi connectivity index (χ3v) is 6.05. The molecule has 0 bridgehead atoms. The second kappa shape index (κ2) is 28.8. The number of nitrogens with one attached hydrogen (secondary N) is 4. The van der Waals surface area contributed by atoms with E-state index in [4.69, 9.17) is 0 Å². The second-order valence-electron chi connectivity index (χ2n) is 9.17. The maximum Gasteiger partial charge on any atom is 0.0113 e. The van der Waals surface area contributed by atoms with Gasteiger partial charge in [-0.1, -0.05) is 142 Å². The molecule has 1 aliphatic rings. The van der Waals surface area contributed by atoms with Crippen LogP contribution >= 0.6 is 0 Å². The molecule has 0 spiro atoms. The quantitative estimate of drug-likeness (QED) is 0.202. The summed E-state index contributed by atoms with van der Waals surface area (Å²) in [6, 6.07) is 0. The molecule has 30 heavy (non-hydrogen) atoms. The van der Waals surface area contributed by atoms with Crippen LogP contribution in [0.15, 0.2) is 0 Å². The van der Waals surface area contributed by atoms with Crippen LogP contribution in [0.25, 0.3) is 0 Å². The molecule has 0 aromatic heterocycles. The van der Waals surface area contributed by atoms with Crippen molar-refractivity contribution in [2.45, 2.75) is 155 Å². The van der Waals surface area contributed by atoms with Gasteiger partial charge in [0.1, 0.15) is 0 Å². The van der Waals surface area contributed by atoms with Crippen LogP contribution in [0.4, 0.5) is 0 Å². The summed E-state index contributed by atoms with van der Waals surface area (Å²) in [6.07, 6.45) is 31.4. The van der Waals surface area contributed by atoms with E-state index in [1.165, 1.54) is 141 Å². The Morgan fingerprint density at radius 1 is 0.367 bits per heavy atom. The summed E-state index contributed by atoms with van der Waals surface area (Å²) in [6.45, 7) is 6.66. The highest BCUT2D eigenvalue weighted by molar-refractivity contribution is 4.50. The Hall–Kier alpha value is -0.160. The molecule has 1 saturated heterocycles. The number of hydrogen-bond donors (Lipinski definition) is 4. The van der Waals surface area contributed by atoms with Gasteiger partial charge in [-0.25, -0.2) is 10.9 Å². The van der Waals surface area contributed by atoms with Gasteiger partial charge < -0.3 is 0 Å². The molecule has 1 rings (SSSR count). The molecule has 4 heteroatoms. The molecule has 0 aromatic rings. The molecule has 0 aliphatic carbocycles. The lowest BCUT2D eigenvalue weighted by Gasteiger charge is -2.11. The zero-order chi connectivity index (χ0) is 21.8. The minimum atomic E-state index is 1.04. The van der Waals surface area contributed by atoms with Crippen molar-refractivity contribution in [1.82, 2.24) is 21.9 Å². The fourth-order valence-corrected chi connectivity index (χ4v) is 3.97. The van der Waals surface area contributed by atoms with E-state index in [9.17, 15) is 0 Å². The van der Waals surface area contributed by atoms with Gasteiger partial charge in [0.25, 0.3) is 0 Å². The minimum absolute atomic E-state index is 1.04. The van der Waals surface area contributed by atoms with Gasteiger partial charge in [-0.3, -0.25) is 0 Å². The summed E-state index contributed by atoms with van der Waals surface area (Å²) < 4.78 is 0. The van der Waals surface area contributed by atoms with E-state index >= 15 is 0 Å². The smallest absolute Gasteiger partial charge is 0.0113 e. The predicted molar refractivity (Wildman–Crippen MR) is 135 cm³/mol. The predicted octanol–water partition coefficient (Wildman–Crippen LogP) is 7.71. The molecule has 182 valence electrons. The molecule has 0 aromatic carbocycles. The van der Waals surface area contributed by atoms with Crippen LogP contribution in [0.1, 0.15) is 155 Å². The first-order chi connectivity index (χ1) is 14.9. The Bertz CT molecular complexity index is 227. The summed E-state index contributed by atoms with van der Waals surface area (Å²) >= 11 is 0. The van der Waals surface area contributed by atoms with Crippen LogP contribution < -0.4 is 21.9 Å². The maximum absolute atomic E-state index is 3.08. The average Bonchev–Trinajstić information content (AvgIpc) is 2.75. The second-order valence-corrected chi connectivity index (χ2v) is 9.17. The maximum atomic E-state index is 3.08. The molecule has 0 atom stereocenters. The van der Waals surface area contributed by atoms with Crippen molar-refractivity contribution in [3.05, 3.63) is 0 Å². The first-order valence-electron chi connectivity index (χ1n) is 13.9. The lowest BCUT2D eigenvalue weighted by atomic mass is 10.0. The summed E-state index contributed by atoms with van der Waals surface area (Å²) in [7, 11) is 0. The highest BCUT2D eigenvalue weighted by Crippen LogP contribution is 2.13. The summed E-state index contributed by atoms with van der Waals surface area (Å²) in [5.41, 5.74) is 11.9. The zero-order valence-corrected chi connectivity index (χ0v) is 21.0. The number of hydrazine groups is 3. The highest BCUT2D eigenvalue weighted by Gasteiger charge is 1.94. The molecular weight excluding hydrogens is 368 g/mol. The van der Waals surface area contributed by atoms with Crippen molar-refractivity contribution in [3.8, 4) is 0 Å². The first-order valence-corrected chi connectivity index (χ1v) is 13.9. The third-order valence-electron chi connectivity index (χ3n) is 6.05. The SMILES string of the molecule is C1CCCCNNNNCCC1.CCCCCCCCCCCCCCCCCC. The molecule has 1 aliphatic heterocycles. The zero-order valence-electron chi connectivity index (χ0n) is 21.0. The van der Waals surface area contributed by atoms with Crippen molar-refractivity contribution >= 4 is 0 Å². The fraction of sp³-hybridized carbons (Fsp3) is 1.00. The van der Waals surface area contributed by atoms with Gasteiger partial charge >= 0.3 is 0 Å². The van der Waals surface area contributed by atoms with Crippen LogP contribution in [-0.4, -0.2) is 13.1 Å². The summed E-state index contributed by atoms with van der Waals surface area (Å²) in [5.74, 6) is 0. The Kier molecular flexibility index (Phi) is 28.7. The number of rotatable bonds is 15. The highest BCUT2D eigenvalue weighted by atomic mass is 15.7. The standard InChI is InChI=1S/C18H38.C8H20N4/c1-3-5-7-9-11-13-15-17-18-16-14-12-10-8-6-4-2;1-2-4-6-8-10-12-11-9-7-5-3-1/h3-18H2,1-2H3;9-12H,1-8H2. The van der Waals surface area contributed by atoms with Gasteiger partial charge in [0.2, 0.25) is 0 Å². The van der Waals surface area contributed by atoms with Crippen LogP contribution in [0.3, 0.4) is 0 Å². The molecule has 1 heterocycles. The molecule has 0 unspecified atom stereocenters. The molecule has 0 amide bonds. The molecule has 1 fully saturated rings. The molecule has 0 saturated carbocycles. The Balaban J connectivity index is 0.000000604. The van der Waals surface area contributed by atoms with E-state index in [-0.39, 0.29) is 0 Å². The van der Waals surface area contributed by atoms with Gasteiger partial charge in [-0.15, -0.1) is 0 Å². The molecule has 0 radical (unpaired) electrons. The van der Waals surface area contributed by atoms with Crippen LogP contribution in [-0.2, 0) is 0 Å². The third kappa shape index (κ3) is 27.8. The number of hydrogen-bond acceptors (Lipinski definition) is 4. The Labute approximate surface area is 190 Å². The lowest BCUT2D eigenvalue weighted by Crippen LogP contribution is -2.51. The monoisotopic (exact) mass is 426 g/mol. The topological polar surface area (TPSA) is 48.1 Å². The molecular formula is C26H58N4. The number of unbranched alkanes of at least 4 members (excludes halogenated alkanes) is 15. The Morgan fingerprint density at radius 3 is 0.933 bits per heavy atom. The van der Waals surface area contributed by atoms with E-state index in [1.54, 1.807) is 0 Å². The molecule has 4 N–H and O–H groups in total. The van der Waals surface area contributed by atoms with Gasteiger partial charge in [-0.2, -0.15) is 11.1 Å². The lowest BCUT2D eigenvalue weighted by molar-refractivity contribution is 0.354. The van der Waals surface area contributed by atoms with E-state index in [2.05, 4.69) is 35.8 Å². The van der Waals surface area contributed by atoms with E-state index in [1.807, 2.05) is 0 Å². The van der Waals surface area contributed by atoms with Gasteiger partial charge in [0.15, 0.2) is 0 Å². The van der Waals surface area contributed by atoms with Crippen LogP contribution in [0, 0.1) is 0 Å². The van der Waals surface area contributed by atoms with Gasteiger partial charge in [0.05, 0.1) is 0 Å². The van der Waals surface area contributed by atoms with Crippen molar-refractivity contribution < 1.29 is 0 Å². The van der Waals surface area contributed by atoms with E-state index < -0.39 is 0 Å². The Morgan fingerprint density at radius 2 is 0.633 bits per heavy atom. The largest absolute Gasteiger partial charge is 0.243 e. The minimum Gasteiger partial charge on any atom is -0.243 e. The first kappa shape index (κ1) is 29.8. The molecule has 4 nitrogen and oxygen atoms in total. The van der Waals surface area contributed by atoms with Gasteiger partial charge in [-0.05, 0) is 12.8 Å². The van der Waals surface area contributed by atoms with Crippen LogP contribution in [0.2, 0.25) is 0 Å². The fourth-order valence-electron chi connectivity index (χ4n) is 3.97. The van der Waals surface area contributed by atoms with Crippen molar-refractivity contribution in [3.63, 3.8) is 0 Å². The van der Waals surface area contributed by atoms with Crippen molar-refractivity contribution in [2.24, 2.45) is 0 Å². The summed E-state index contributed by atoms with van der Waals surface area (Å²) in [4.78, 5) is 0. The van der Waals surface area contributed by atoms with E-state index in [0.717, 1.165) is 13.1 Å². The summed E-state index contributed by atoms with van der Waals surface area (Å²) in [5, 5.41) is 0. The average molecular weight is 427 g/mol. The van der Waals surface area contributed by atoms with Crippen LogP contribution in [0.5, 0.6) is 0 Å². The van der Waals surface area contributed by atoms with Gasteiger partial charge in [0, 0.05) is 13.1 Å². The van der Waals surface area contributed by atoms with Crippen molar-refractivity contribution in [1.29, 1.82) is 0 Å². The van der Waals surface area contributed by atoms with Crippen molar-refractivity contribution in [2.75, 3.05) is 13.1 Å². The van der Waals surface area contributed by atoms with E-state index in [0.29, 0.717) is 0 Å².